The molecule has 0 bridgehead atoms. The van der Waals surface area contributed by atoms with Crippen LogP contribution < -0.4 is 24.6 Å². The Hall–Kier alpha value is -4.58. The molecule has 0 saturated heterocycles. The monoisotopic (exact) mass is 580 g/mol. The van der Waals surface area contributed by atoms with Gasteiger partial charge in [0.2, 0.25) is 0 Å². The van der Waals surface area contributed by atoms with Crippen molar-refractivity contribution in [1.29, 1.82) is 0 Å². The zero-order chi connectivity index (χ0) is 30.3. The SMILES string of the molecule is COC(=O)N(C)c1ccc(-c2cnc3ccc(N(CCCNCC(C)(F)F)c4cc(OC)cc(OC)c4)cc3n2)cn1. The first-order chi connectivity index (χ1) is 20.1. The number of fused-ring (bicyclic) bond motifs is 1. The molecule has 12 heteroatoms. The highest BCUT2D eigenvalue weighted by Gasteiger charge is 2.20. The number of benzene rings is 2. The zero-order valence-corrected chi connectivity index (χ0v) is 24.2. The second-order valence-electron chi connectivity index (χ2n) is 9.69. The van der Waals surface area contributed by atoms with Crippen LogP contribution in [0.15, 0.2) is 60.9 Å². The van der Waals surface area contributed by atoms with Gasteiger partial charge in [-0.2, -0.15) is 0 Å². The quantitative estimate of drug-likeness (QED) is 0.212. The van der Waals surface area contributed by atoms with Gasteiger partial charge in [-0.05, 0) is 43.3 Å². The molecular formula is C30H34F2N6O4. The lowest BCUT2D eigenvalue weighted by Gasteiger charge is -2.26. The molecule has 1 amide bonds. The van der Waals surface area contributed by atoms with Gasteiger partial charge in [-0.25, -0.2) is 23.5 Å². The summed E-state index contributed by atoms with van der Waals surface area (Å²) in [7, 11) is 6.05. The topological polar surface area (TPSA) is 102 Å². The molecule has 0 aliphatic carbocycles. The number of pyridine rings is 1. The maximum atomic E-state index is 13.3. The standard InChI is InChI=1S/C30H34F2N6O4/c1-30(31,32)19-33-11-6-12-38(22-13-23(40-3)16-24(14-22)41-4)21-8-9-25-26(15-21)36-27(18-34-25)20-7-10-28(35-17-20)37(2)29(39)42-5/h7-10,13-18,33H,6,11-12,19H2,1-5H3. The van der Waals surface area contributed by atoms with Crippen LogP contribution in [0.1, 0.15) is 13.3 Å². The van der Waals surface area contributed by atoms with Gasteiger partial charge in [0, 0.05) is 61.9 Å². The van der Waals surface area contributed by atoms with Crippen LogP contribution in [-0.2, 0) is 4.74 Å². The minimum atomic E-state index is -2.78. The summed E-state index contributed by atoms with van der Waals surface area (Å²) < 4.78 is 42.2. The number of rotatable bonds is 12. The van der Waals surface area contributed by atoms with Gasteiger partial charge in [-0.15, -0.1) is 0 Å². The minimum absolute atomic E-state index is 0.386. The highest BCUT2D eigenvalue weighted by Crippen LogP contribution is 2.34. The van der Waals surface area contributed by atoms with Gasteiger partial charge in [0.15, 0.2) is 0 Å². The fraction of sp³-hybridized carbons (Fsp3) is 0.333. The molecule has 4 aromatic rings. The third kappa shape index (κ3) is 7.58. The molecular weight excluding hydrogens is 546 g/mol. The number of carbonyl (C=O) groups is 1. The van der Waals surface area contributed by atoms with E-state index in [0.29, 0.717) is 53.6 Å². The predicted octanol–water partition coefficient (Wildman–Crippen LogP) is 5.68. The van der Waals surface area contributed by atoms with Gasteiger partial charge in [0.25, 0.3) is 5.92 Å². The molecule has 0 atom stereocenters. The van der Waals surface area contributed by atoms with Crippen LogP contribution in [0.4, 0.5) is 30.8 Å². The van der Waals surface area contributed by atoms with Crippen molar-refractivity contribution in [1.82, 2.24) is 20.3 Å². The average molecular weight is 581 g/mol. The predicted molar refractivity (Wildman–Crippen MR) is 158 cm³/mol. The van der Waals surface area contributed by atoms with Gasteiger partial charge < -0.3 is 24.4 Å². The van der Waals surface area contributed by atoms with E-state index in [0.717, 1.165) is 23.9 Å². The van der Waals surface area contributed by atoms with Crippen LogP contribution in [0, 0.1) is 0 Å². The fourth-order valence-electron chi connectivity index (χ4n) is 4.30. The molecule has 0 spiro atoms. The van der Waals surface area contributed by atoms with E-state index in [1.807, 2.05) is 36.4 Å². The maximum absolute atomic E-state index is 13.3. The summed E-state index contributed by atoms with van der Waals surface area (Å²) in [6.45, 7) is 1.44. The van der Waals surface area contributed by atoms with Crippen molar-refractivity contribution in [2.24, 2.45) is 0 Å². The Morgan fingerprint density at radius 2 is 1.67 bits per heavy atom. The van der Waals surface area contributed by atoms with E-state index in [9.17, 15) is 13.6 Å². The Labute approximate surface area is 243 Å². The number of anilines is 3. The second-order valence-corrected chi connectivity index (χ2v) is 9.69. The first-order valence-corrected chi connectivity index (χ1v) is 13.3. The Morgan fingerprint density at radius 1 is 0.929 bits per heavy atom. The van der Waals surface area contributed by atoms with Crippen LogP contribution in [0.2, 0.25) is 0 Å². The van der Waals surface area contributed by atoms with Gasteiger partial charge >= 0.3 is 6.09 Å². The summed E-state index contributed by atoms with van der Waals surface area (Å²) in [6, 6.07) is 14.8. The molecule has 0 unspecified atom stereocenters. The van der Waals surface area contributed by atoms with Gasteiger partial charge in [0.05, 0.1) is 50.8 Å². The number of amides is 1. The van der Waals surface area contributed by atoms with E-state index in [4.69, 9.17) is 19.2 Å². The van der Waals surface area contributed by atoms with Crippen molar-refractivity contribution in [3.63, 3.8) is 0 Å². The molecule has 2 heterocycles. The van der Waals surface area contributed by atoms with E-state index >= 15 is 0 Å². The summed E-state index contributed by atoms with van der Waals surface area (Å²) in [5.74, 6) is -1.10. The number of methoxy groups -OCH3 is 3. The third-order valence-corrected chi connectivity index (χ3v) is 6.49. The van der Waals surface area contributed by atoms with E-state index in [-0.39, 0.29) is 6.54 Å². The normalized spacial score (nSPS) is 11.3. The maximum Gasteiger partial charge on any atom is 0.414 e. The summed E-state index contributed by atoms with van der Waals surface area (Å²) in [5, 5.41) is 2.82. The average Bonchev–Trinajstić information content (AvgIpc) is 3.00. The van der Waals surface area contributed by atoms with Crippen LogP contribution in [-0.4, -0.2) is 75.0 Å². The largest absolute Gasteiger partial charge is 0.497 e. The summed E-state index contributed by atoms with van der Waals surface area (Å²) >= 11 is 0. The number of nitrogens with one attached hydrogen (secondary N) is 1. The molecule has 0 saturated carbocycles. The molecule has 4 rings (SSSR count). The van der Waals surface area contributed by atoms with E-state index in [2.05, 4.69) is 20.2 Å². The number of hydrogen-bond acceptors (Lipinski definition) is 9. The van der Waals surface area contributed by atoms with Crippen LogP contribution in [0.5, 0.6) is 11.5 Å². The van der Waals surface area contributed by atoms with Crippen molar-refractivity contribution in [3.8, 4) is 22.8 Å². The molecule has 0 aliphatic rings. The summed E-state index contributed by atoms with van der Waals surface area (Å²) in [5.41, 5.74) is 4.34. The number of halogens is 2. The van der Waals surface area contributed by atoms with Crippen LogP contribution >= 0.6 is 0 Å². The van der Waals surface area contributed by atoms with Crippen molar-refractivity contribution >= 4 is 34.3 Å². The summed E-state index contributed by atoms with van der Waals surface area (Å²) in [6.07, 6.45) is 3.36. The fourth-order valence-corrected chi connectivity index (χ4v) is 4.30. The van der Waals surface area contributed by atoms with Crippen molar-refractivity contribution in [2.45, 2.75) is 19.3 Å². The Morgan fingerprint density at radius 3 is 2.29 bits per heavy atom. The molecule has 222 valence electrons. The number of alkyl halides is 2. The molecule has 0 radical (unpaired) electrons. The first-order valence-electron chi connectivity index (χ1n) is 13.3. The van der Waals surface area contributed by atoms with E-state index in [1.165, 1.54) is 12.0 Å². The molecule has 42 heavy (non-hydrogen) atoms. The van der Waals surface area contributed by atoms with Crippen molar-refractivity contribution < 1.29 is 27.8 Å². The minimum Gasteiger partial charge on any atom is -0.497 e. The number of nitrogens with zero attached hydrogens (tertiary/aromatic N) is 5. The molecule has 0 aliphatic heterocycles. The summed E-state index contributed by atoms with van der Waals surface area (Å²) in [4.78, 5) is 28.9. The van der Waals surface area contributed by atoms with Crippen LogP contribution in [0.3, 0.4) is 0 Å². The molecule has 2 aromatic carbocycles. The number of hydrogen-bond donors (Lipinski definition) is 1. The lowest BCUT2D eigenvalue weighted by atomic mass is 10.1. The molecule has 1 N–H and O–H groups in total. The van der Waals surface area contributed by atoms with Gasteiger partial charge in [-0.3, -0.25) is 9.88 Å². The van der Waals surface area contributed by atoms with E-state index < -0.39 is 12.0 Å². The third-order valence-electron chi connectivity index (χ3n) is 6.49. The smallest absolute Gasteiger partial charge is 0.414 e. The Kier molecular flexibility index (Phi) is 9.68. The van der Waals surface area contributed by atoms with Gasteiger partial charge in [-0.1, -0.05) is 0 Å². The zero-order valence-electron chi connectivity index (χ0n) is 24.2. The molecule has 0 fully saturated rings. The van der Waals surface area contributed by atoms with E-state index in [1.54, 1.807) is 45.8 Å². The van der Waals surface area contributed by atoms with Crippen molar-refractivity contribution in [2.75, 3.05) is 57.8 Å². The Balaban J connectivity index is 1.65. The highest BCUT2D eigenvalue weighted by molar-refractivity contribution is 5.86. The second kappa shape index (κ2) is 13.4. The number of aromatic nitrogens is 3. The van der Waals surface area contributed by atoms with Crippen molar-refractivity contribution in [3.05, 3.63) is 60.9 Å². The van der Waals surface area contributed by atoms with Gasteiger partial charge in [0.1, 0.15) is 17.3 Å². The number of ether oxygens (including phenoxy) is 3. The Bertz CT molecular complexity index is 1490. The van der Waals surface area contributed by atoms with Crippen LogP contribution in [0.25, 0.3) is 22.3 Å². The highest BCUT2D eigenvalue weighted by atomic mass is 19.3. The molecule has 2 aromatic heterocycles. The first kappa shape index (κ1) is 30.4. The molecule has 10 nitrogen and oxygen atoms in total. The number of carbonyl (C=O) groups excluding carboxylic acids is 1. The lowest BCUT2D eigenvalue weighted by Crippen LogP contribution is -2.32. The lowest BCUT2D eigenvalue weighted by molar-refractivity contribution is 0.0229.